The molecule has 0 amide bonds. The van der Waals surface area contributed by atoms with Crippen molar-refractivity contribution in [3.05, 3.63) is 120 Å². The van der Waals surface area contributed by atoms with Gasteiger partial charge in [0.1, 0.15) is 24.6 Å². The Hall–Kier alpha value is -3.74. The molecule has 1 aliphatic rings. The number of ether oxygens (including phenoxy) is 4. The fourth-order valence-corrected chi connectivity index (χ4v) is 4.04. The van der Waals surface area contributed by atoms with Gasteiger partial charge in [-0.1, -0.05) is 91.0 Å². The molecule has 0 saturated carbocycles. The predicted octanol–water partition coefficient (Wildman–Crippen LogP) is 5.20. The number of hydrogen-bond donors (Lipinski definition) is 0. The van der Waals surface area contributed by atoms with Crippen LogP contribution in [-0.4, -0.2) is 36.7 Å². The molecule has 0 fully saturated rings. The summed E-state index contributed by atoms with van der Waals surface area (Å²) in [6.45, 7) is 0.782. The van der Waals surface area contributed by atoms with Crippen molar-refractivity contribution < 1.29 is 28.5 Å². The highest BCUT2D eigenvalue weighted by molar-refractivity contribution is 5.84. The quantitative estimate of drug-likeness (QED) is 0.300. The van der Waals surface area contributed by atoms with Crippen LogP contribution in [0.15, 0.2) is 103 Å². The van der Waals surface area contributed by atoms with Crippen LogP contribution in [0.25, 0.3) is 0 Å². The molecule has 0 aliphatic carbocycles. The van der Waals surface area contributed by atoms with Crippen LogP contribution in [0.3, 0.4) is 0 Å². The molecule has 3 aromatic rings. The van der Waals surface area contributed by atoms with Crippen molar-refractivity contribution in [3.8, 4) is 0 Å². The highest BCUT2D eigenvalue weighted by Gasteiger charge is 2.35. The Kier molecular flexibility index (Phi) is 10.0. The summed E-state index contributed by atoms with van der Waals surface area (Å²) in [7, 11) is 0. The summed E-state index contributed by atoms with van der Waals surface area (Å²) >= 11 is 0. The molecule has 0 unspecified atom stereocenters. The largest absolute Gasteiger partial charge is 0.492 e. The number of esters is 1. The number of carbonyl (C=O) groups excluding carboxylic acids is 2. The molecule has 0 spiro atoms. The van der Waals surface area contributed by atoms with Crippen LogP contribution in [0, 0.1) is 0 Å². The number of hydrogen-bond acceptors (Lipinski definition) is 6. The molecular formula is C31H32O6. The summed E-state index contributed by atoms with van der Waals surface area (Å²) in [5.41, 5.74) is 3.00. The second kappa shape index (κ2) is 14.1. The molecule has 0 aromatic heterocycles. The second-order valence-corrected chi connectivity index (χ2v) is 8.91. The molecule has 37 heavy (non-hydrogen) atoms. The molecule has 4 rings (SSSR count). The smallest absolute Gasteiger partial charge is 0.306 e. The van der Waals surface area contributed by atoms with E-state index >= 15 is 0 Å². The topological polar surface area (TPSA) is 71.1 Å². The zero-order valence-electron chi connectivity index (χ0n) is 20.7. The van der Waals surface area contributed by atoms with Crippen LogP contribution >= 0.6 is 0 Å². The van der Waals surface area contributed by atoms with Gasteiger partial charge in [-0.05, 0) is 22.8 Å². The van der Waals surface area contributed by atoms with Crippen molar-refractivity contribution in [1.29, 1.82) is 0 Å². The van der Waals surface area contributed by atoms with E-state index in [0.717, 1.165) is 16.7 Å². The maximum absolute atomic E-state index is 12.4. The molecule has 6 nitrogen and oxygen atoms in total. The first-order valence-electron chi connectivity index (χ1n) is 12.5. The number of ketones is 1. The zero-order chi connectivity index (χ0) is 25.7. The molecular weight excluding hydrogens is 468 g/mol. The third kappa shape index (κ3) is 8.70. The summed E-state index contributed by atoms with van der Waals surface area (Å²) in [6, 6.07) is 29.2. The molecule has 1 aliphatic heterocycles. The van der Waals surface area contributed by atoms with E-state index in [1.54, 1.807) is 6.26 Å². The van der Waals surface area contributed by atoms with Crippen LogP contribution in [0.4, 0.5) is 0 Å². The lowest BCUT2D eigenvalue weighted by Crippen LogP contribution is -2.46. The van der Waals surface area contributed by atoms with Crippen molar-refractivity contribution in [2.45, 2.75) is 50.8 Å². The lowest BCUT2D eigenvalue weighted by molar-refractivity contribution is -0.163. The third-order valence-electron chi connectivity index (χ3n) is 6.04. The fraction of sp³-hybridized carbons (Fsp3) is 0.290. The summed E-state index contributed by atoms with van der Waals surface area (Å²) in [4.78, 5) is 24.6. The molecule has 192 valence electrons. The van der Waals surface area contributed by atoms with Crippen molar-refractivity contribution >= 4 is 11.8 Å². The van der Waals surface area contributed by atoms with Gasteiger partial charge in [0.2, 0.25) is 0 Å². The Morgan fingerprint density at radius 2 is 1.27 bits per heavy atom. The maximum atomic E-state index is 12.4. The maximum Gasteiger partial charge on any atom is 0.306 e. The van der Waals surface area contributed by atoms with E-state index in [9.17, 15) is 9.59 Å². The Morgan fingerprint density at radius 1 is 0.703 bits per heavy atom. The average Bonchev–Trinajstić information content (AvgIpc) is 2.94. The Labute approximate surface area is 217 Å². The van der Waals surface area contributed by atoms with Gasteiger partial charge in [-0.3, -0.25) is 9.59 Å². The molecule has 0 N–H and O–H groups in total. The van der Waals surface area contributed by atoms with Crippen molar-refractivity contribution in [1.82, 2.24) is 0 Å². The minimum Gasteiger partial charge on any atom is -0.492 e. The Balaban J connectivity index is 1.31. The zero-order valence-corrected chi connectivity index (χ0v) is 20.7. The first-order valence-corrected chi connectivity index (χ1v) is 12.5. The Bertz CT molecular complexity index is 1130. The van der Waals surface area contributed by atoms with Gasteiger partial charge in [0.25, 0.3) is 0 Å². The van der Waals surface area contributed by atoms with Crippen LogP contribution < -0.4 is 0 Å². The van der Waals surface area contributed by atoms with Crippen molar-refractivity contribution in [2.75, 3.05) is 6.61 Å². The first-order chi connectivity index (χ1) is 18.2. The van der Waals surface area contributed by atoms with Gasteiger partial charge in [-0.25, -0.2) is 0 Å². The van der Waals surface area contributed by atoms with E-state index in [0.29, 0.717) is 19.6 Å². The predicted molar refractivity (Wildman–Crippen MR) is 139 cm³/mol. The van der Waals surface area contributed by atoms with Crippen LogP contribution in [0.5, 0.6) is 0 Å². The lowest BCUT2D eigenvalue weighted by atomic mass is 10.1. The summed E-state index contributed by atoms with van der Waals surface area (Å²) in [5.74, 6) is -0.443. The summed E-state index contributed by atoms with van der Waals surface area (Å²) < 4.78 is 23.7. The fourth-order valence-electron chi connectivity index (χ4n) is 4.04. The summed E-state index contributed by atoms with van der Waals surface area (Å²) in [6.07, 6.45) is 2.45. The van der Waals surface area contributed by atoms with Crippen LogP contribution in [-0.2, 0) is 48.2 Å². The van der Waals surface area contributed by atoms with Crippen molar-refractivity contribution in [3.63, 3.8) is 0 Å². The monoisotopic (exact) mass is 500 g/mol. The lowest BCUT2D eigenvalue weighted by Gasteiger charge is -2.34. The van der Waals surface area contributed by atoms with Gasteiger partial charge in [0.15, 0.2) is 6.10 Å². The number of carbonyl (C=O) groups is 2. The molecule has 0 saturated heterocycles. The third-order valence-corrected chi connectivity index (χ3v) is 6.04. The standard InChI is InChI=1S/C31H32O6/c32-27(20-24-10-4-1-5-11-24)16-17-30(33)36-23-29-31(37-22-26-14-8-3-9-15-26)28(18-19-34-29)35-21-25-12-6-2-7-13-25/h1-15,18-19,28-29,31H,16-17,20-23H2/t28-,29-,31+/m1/s1. The van der Waals surface area contributed by atoms with E-state index in [4.69, 9.17) is 18.9 Å². The van der Waals surface area contributed by atoms with E-state index in [1.807, 2.05) is 97.1 Å². The van der Waals surface area contributed by atoms with Gasteiger partial charge < -0.3 is 18.9 Å². The average molecular weight is 501 g/mol. The molecule has 6 heteroatoms. The molecule has 1 heterocycles. The van der Waals surface area contributed by atoms with Gasteiger partial charge in [0.05, 0.1) is 25.9 Å². The van der Waals surface area contributed by atoms with E-state index in [2.05, 4.69) is 0 Å². The van der Waals surface area contributed by atoms with Gasteiger partial charge >= 0.3 is 5.97 Å². The number of rotatable bonds is 13. The molecule has 0 radical (unpaired) electrons. The van der Waals surface area contributed by atoms with Crippen LogP contribution in [0.2, 0.25) is 0 Å². The molecule has 0 bridgehead atoms. The van der Waals surface area contributed by atoms with Gasteiger partial charge in [0, 0.05) is 12.8 Å². The second-order valence-electron chi connectivity index (χ2n) is 8.91. The number of benzene rings is 3. The van der Waals surface area contributed by atoms with Gasteiger partial charge in [-0.15, -0.1) is 0 Å². The van der Waals surface area contributed by atoms with E-state index < -0.39 is 18.2 Å². The highest BCUT2D eigenvalue weighted by Crippen LogP contribution is 2.22. The minimum atomic E-state index is -0.543. The Morgan fingerprint density at radius 3 is 1.89 bits per heavy atom. The highest BCUT2D eigenvalue weighted by atomic mass is 16.6. The number of Topliss-reactive ketones (excluding diaryl/α,β-unsaturated/α-hetero) is 1. The molecule has 3 atom stereocenters. The minimum absolute atomic E-state index is 0.000697. The summed E-state index contributed by atoms with van der Waals surface area (Å²) in [5, 5.41) is 0. The van der Waals surface area contributed by atoms with Crippen LogP contribution in [0.1, 0.15) is 29.5 Å². The first kappa shape index (κ1) is 26.3. The van der Waals surface area contributed by atoms with E-state index in [1.165, 1.54) is 0 Å². The normalized spacial score (nSPS) is 18.6. The molecule has 3 aromatic carbocycles. The van der Waals surface area contributed by atoms with Gasteiger partial charge in [-0.2, -0.15) is 0 Å². The van der Waals surface area contributed by atoms with E-state index in [-0.39, 0.29) is 31.3 Å². The van der Waals surface area contributed by atoms with Crippen molar-refractivity contribution in [2.24, 2.45) is 0 Å². The SMILES string of the molecule is O=C(CCC(=O)OC[C@H]1OC=C[C@@H](OCc2ccccc2)[C@@H]1OCc1ccccc1)Cc1ccccc1.